The van der Waals surface area contributed by atoms with Gasteiger partial charge in [-0.2, -0.15) is 0 Å². The maximum Gasteiger partial charge on any atom is 0.00733 e. The fraction of sp³-hybridized carbons (Fsp3) is 0.125. The van der Waals surface area contributed by atoms with E-state index in [-0.39, 0.29) is 0 Å². The molecule has 0 atom stereocenters. The molecule has 1 aliphatic carbocycles. The van der Waals surface area contributed by atoms with Crippen LogP contribution in [0.2, 0.25) is 0 Å². The van der Waals surface area contributed by atoms with Crippen LogP contribution in [0.3, 0.4) is 0 Å². The summed E-state index contributed by atoms with van der Waals surface area (Å²) in [6.45, 7) is 6.50. The van der Waals surface area contributed by atoms with Crippen LogP contribution in [0.1, 0.15) is 35.1 Å². The summed E-state index contributed by atoms with van der Waals surface area (Å²) in [6.07, 6.45) is 0. The van der Waals surface area contributed by atoms with Crippen LogP contribution in [0, 0.1) is 0 Å². The van der Waals surface area contributed by atoms with E-state index in [9.17, 15) is 0 Å². The summed E-state index contributed by atoms with van der Waals surface area (Å²) in [6, 6.07) is 17.2. The molecule has 0 N–H and O–H groups in total. The van der Waals surface area contributed by atoms with Crippen molar-refractivity contribution in [1.82, 2.24) is 0 Å². The molecule has 2 aromatic rings. The molecule has 0 nitrogen and oxygen atoms in total. The molecule has 0 fully saturated rings. The lowest BCUT2D eigenvalue weighted by molar-refractivity contribution is 0.900. The Balaban J connectivity index is 2.30. The largest absolute Gasteiger partial charge is 0.0905 e. The van der Waals surface area contributed by atoms with Crippen LogP contribution >= 0.6 is 0 Å². The lowest BCUT2D eigenvalue weighted by atomic mass is 9.77. The summed E-state index contributed by atoms with van der Waals surface area (Å²) in [4.78, 5) is 0. The number of fused-ring (bicyclic) bond motifs is 2. The molecule has 0 heteroatoms. The Morgan fingerprint density at radius 3 is 1.75 bits per heavy atom. The summed E-state index contributed by atoms with van der Waals surface area (Å²) in [5, 5.41) is 0. The first-order valence-corrected chi connectivity index (χ1v) is 5.66. The van der Waals surface area contributed by atoms with E-state index in [1.165, 1.54) is 22.3 Å². The topological polar surface area (TPSA) is 0 Å². The molecular weight excluding hydrogens is 192 g/mol. The quantitative estimate of drug-likeness (QED) is 0.605. The minimum absolute atomic E-state index is 0.470. The Morgan fingerprint density at radius 2 is 1.25 bits per heavy atom. The molecule has 0 heterocycles. The normalized spacial score (nSPS) is 14.4. The lowest BCUT2D eigenvalue weighted by Crippen LogP contribution is -2.09. The van der Waals surface area contributed by atoms with Gasteiger partial charge in [0.05, 0.1) is 0 Å². The van der Waals surface area contributed by atoms with E-state index in [4.69, 9.17) is 0 Å². The van der Waals surface area contributed by atoms with Crippen LogP contribution in [0.4, 0.5) is 0 Å². The van der Waals surface area contributed by atoms with E-state index in [1.807, 2.05) is 0 Å². The van der Waals surface area contributed by atoms with Crippen molar-refractivity contribution >= 4 is 5.57 Å². The first-order chi connectivity index (χ1) is 7.79. The van der Waals surface area contributed by atoms with E-state index >= 15 is 0 Å². The van der Waals surface area contributed by atoms with E-state index in [1.54, 1.807) is 0 Å². The van der Waals surface area contributed by atoms with Crippen molar-refractivity contribution in [3.05, 3.63) is 77.4 Å². The second-order valence-corrected chi connectivity index (χ2v) is 4.37. The highest BCUT2D eigenvalue weighted by molar-refractivity contribution is 5.85. The molecule has 0 unspecified atom stereocenters. The number of hydrogen-bond acceptors (Lipinski definition) is 0. The van der Waals surface area contributed by atoms with E-state index in [0.717, 1.165) is 5.57 Å². The molecule has 0 radical (unpaired) electrons. The molecule has 3 rings (SSSR count). The van der Waals surface area contributed by atoms with Crippen molar-refractivity contribution < 1.29 is 0 Å². The van der Waals surface area contributed by atoms with E-state index in [0.29, 0.717) is 5.92 Å². The molecule has 1 aliphatic rings. The standard InChI is InChI=1S/C16H14/c1-11-13-7-3-5-9-15(13)12(2)16-10-6-4-8-14(11)16/h3-10,12H,1H2,2H3. The Labute approximate surface area is 96.3 Å². The van der Waals surface area contributed by atoms with Gasteiger partial charge < -0.3 is 0 Å². The Bertz CT molecular complexity index is 514. The van der Waals surface area contributed by atoms with Crippen LogP contribution in [-0.2, 0) is 0 Å². The molecule has 2 aromatic carbocycles. The number of benzene rings is 2. The maximum atomic E-state index is 4.23. The third kappa shape index (κ3) is 1.16. The predicted octanol–water partition coefficient (Wildman–Crippen LogP) is 4.21. The van der Waals surface area contributed by atoms with Gasteiger partial charge in [-0.25, -0.2) is 0 Å². The molecule has 0 bridgehead atoms. The molecule has 78 valence electrons. The average Bonchev–Trinajstić information content (AvgIpc) is 2.36. The van der Waals surface area contributed by atoms with Crippen LogP contribution in [-0.4, -0.2) is 0 Å². The number of hydrogen-bond donors (Lipinski definition) is 0. The fourth-order valence-corrected chi connectivity index (χ4v) is 2.61. The van der Waals surface area contributed by atoms with Gasteiger partial charge in [-0.3, -0.25) is 0 Å². The highest BCUT2D eigenvalue weighted by Crippen LogP contribution is 2.41. The average molecular weight is 206 g/mol. The monoisotopic (exact) mass is 206 g/mol. The Kier molecular flexibility index (Phi) is 1.97. The zero-order chi connectivity index (χ0) is 11.1. The van der Waals surface area contributed by atoms with Crippen LogP contribution in [0.5, 0.6) is 0 Å². The fourth-order valence-electron chi connectivity index (χ4n) is 2.61. The highest BCUT2D eigenvalue weighted by atomic mass is 14.3. The SMILES string of the molecule is C=C1c2ccccc2C(C)c2ccccc21. The third-order valence-corrected chi connectivity index (χ3v) is 3.50. The Hall–Kier alpha value is -1.82. The lowest BCUT2D eigenvalue weighted by Gasteiger charge is -2.27. The second kappa shape index (κ2) is 3.34. The molecule has 0 spiro atoms. The van der Waals surface area contributed by atoms with Gasteiger partial charge in [0.1, 0.15) is 0 Å². The first kappa shape index (κ1) is 9.41. The van der Waals surface area contributed by atoms with Gasteiger partial charge in [-0.1, -0.05) is 62.0 Å². The van der Waals surface area contributed by atoms with Crippen molar-refractivity contribution in [3.63, 3.8) is 0 Å². The zero-order valence-electron chi connectivity index (χ0n) is 9.40. The van der Waals surface area contributed by atoms with Crippen molar-refractivity contribution in [2.24, 2.45) is 0 Å². The highest BCUT2D eigenvalue weighted by Gasteiger charge is 2.23. The van der Waals surface area contributed by atoms with Crippen LogP contribution < -0.4 is 0 Å². The summed E-state index contributed by atoms with van der Waals surface area (Å²) < 4.78 is 0. The predicted molar refractivity (Wildman–Crippen MR) is 68.5 cm³/mol. The smallest absolute Gasteiger partial charge is 0.00733 e. The van der Waals surface area contributed by atoms with Gasteiger partial charge in [0, 0.05) is 5.92 Å². The molecule has 16 heavy (non-hydrogen) atoms. The van der Waals surface area contributed by atoms with Gasteiger partial charge in [-0.05, 0) is 27.8 Å². The summed E-state index contributed by atoms with van der Waals surface area (Å²) in [7, 11) is 0. The van der Waals surface area contributed by atoms with Gasteiger partial charge in [-0.15, -0.1) is 0 Å². The summed E-state index contributed by atoms with van der Waals surface area (Å²) in [5.41, 5.74) is 6.55. The van der Waals surface area contributed by atoms with E-state index < -0.39 is 0 Å². The summed E-state index contributed by atoms with van der Waals surface area (Å²) in [5.74, 6) is 0.470. The summed E-state index contributed by atoms with van der Waals surface area (Å²) >= 11 is 0. The minimum atomic E-state index is 0.470. The molecule has 0 aromatic heterocycles. The van der Waals surface area contributed by atoms with Crippen molar-refractivity contribution in [1.29, 1.82) is 0 Å². The Morgan fingerprint density at radius 1 is 0.812 bits per heavy atom. The number of rotatable bonds is 0. The maximum absolute atomic E-state index is 4.23. The third-order valence-electron chi connectivity index (χ3n) is 3.50. The second-order valence-electron chi connectivity index (χ2n) is 4.37. The van der Waals surface area contributed by atoms with E-state index in [2.05, 4.69) is 62.0 Å². The minimum Gasteiger partial charge on any atom is -0.0905 e. The van der Waals surface area contributed by atoms with Crippen LogP contribution in [0.25, 0.3) is 5.57 Å². The molecule has 0 saturated heterocycles. The molecule has 0 amide bonds. The van der Waals surface area contributed by atoms with Gasteiger partial charge in [0.2, 0.25) is 0 Å². The van der Waals surface area contributed by atoms with Crippen molar-refractivity contribution in [2.45, 2.75) is 12.8 Å². The molecule has 0 aliphatic heterocycles. The molecular formula is C16H14. The van der Waals surface area contributed by atoms with Crippen molar-refractivity contribution in [3.8, 4) is 0 Å². The van der Waals surface area contributed by atoms with Crippen molar-refractivity contribution in [2.75, 3.05) is 0 Å². The van der Waals surface area contributed by atoms with Gasteiger partial charge >= 0.3 is 0 Å². The van der Waals surface area contributed by atoms with Gasteiger partial charge in [0.15, 0.2) is 0 Å². The zero-order valence-corrected chi connectivity index (χ0v) is 9.40. The van der Waals surface area contributed by atoms with Crippen LogP contribution in [0.15, 0.2) is 55.1 Å². The molecule has 0 saturated carbocycles. The van der Waals surface area contributed by atoms with Gasteiger partial charge in [0.25, 0.3) is 0 Å². The first-order valence-electron chi connectivity index (χ1n) is 5.66.